The van der Waals surface area contributed by atoms with Gasteiger partial charge in [-0.05, 0) is 49.7 Å². The van der Waals surface area contributed by atoms with E-state index in [0.29, 0.717) is 53.9 Å². The number of nitrogens with zero attached hydrogens (tertiary/aromatic N) is 7. The summed E-state index contributed by atoms with van der Waals surface area (Å²) in [5.41, 5.74) is 5.97. The number of rotatable bonds is 6. The van der Waals surface area contributed by atoms with Gasteiger partial charge in [0.05, 0.1) is 42.1 Å². The van der Waals surface area contributed by atoms with Gasteiger partial charge in [-0.25, -0.2) is 13.9 Å². The molecule has 6 rings (SSSR count). The third-order valence-electron chi connectivity index (χ3n) is 8.06. The Balaban J connectivity index is 1.30. The Morgan fingerprint density at radius 2 is 1.95 bits per heavy atom. The van der Waals surface area contributed by atoms with Crippen LogP contribution in [0.1, 0.15) is 23.2 Å². The number of fused-ring (bicyclic) bond motifs is 1. The number of aryl methyl sites for hydroxylation is 2. The number of aliphatic hydroxyl groups is 1. The summed E-state index contributed by atoms with van der Waals surface area (Å²) in [4.78, 5) is 24.3. The smallest absolute Gasteiger partial charge is 0.230 e. The van der Waals surface area contributed by atoms with Crippen LogP contribution in [0, 0.1) is 30.0 Å². The number of aromatic nitrogens is 3. The highest BCUT2D eigenvalue weighted by Crippen LogP contribution is 2.39. The molecule has 10 nitrogen and oxygen atoms in total. The van der Waals surface area contributed by atoms with E-state index in [0.717, 1.165) is 28.3 Å². The lowest BCUT2D eigenvalue weighted by molar-refractivity contribution is -0.138. The molecule has 0 saturated carbocycles. The van der Waals surface area contributed by atoms with Crippen molar-refractivity contribution in [3.8, 4) is 17.3 Å². The highest BCUT2D eigenvalue weighted by molar-refractivity contribution is 7.16. The Hall–Kier alpha value is -4.05. The van der Waals surface area contributed by atoms with Gasteiger partial charge in [0.1, 0.15) is 22.5 Å². The van der Waals surface area contributed by atoms with Crippen molar-refractivity contribution in [3.63, 3.8) is 0 Å². The van der Waals surface area contributed by atoms with Gasteiger partial charge in [-0.2, -0.15) is 10.4 Å². The van der Waals surface area contributed by atoms with E-state index in [4.69, 9.17) is 14.8 Å². The Labute approximate surface area is 247 Å². The van der Waals surface area contributed by atoms with Crippen molar-refractivity contribution in [2.24, 2.45) is 5.92 Å². The second-order valence-electron chi connectivity index (χ2n) is 10.7. The van der Waals surface area contributed by atoms with Crippen molar-refractivity contribution in [1.29, 1.82) is 5.26 Å². The number of piperazine rings is 1. The summed E-state index contributed by atoms with van der Waals surface area (Å²) in [7, 11) is 1.93. The van der Waals surface area contributed by atoms with Gasteiger partial charge in [0.15, 0.2) is 5.13 Å². The van der Waals surface area contributed by atoms with Crippen LogP contribution in [0.4, 0.5) is 20.9 Å². The number of halogens is 1. The first kappa shape index (κ1) is 28.1. The number of thiazole rings is 1. The zero-order chi connectivity index (χ0) is 29.5. The van der Waals surface area contributed by atoms with Crippen molar-refractivity contribution < 1.29 is 19.0 Å². The fourth-order valence-corrected chi connectivity index (χ4v) is 6.59. The van der Waals surface area contributed by atoms with Crippen LogP contribution in [0.3, 0.4) is 0 Å². The van der Waals surface area contributed by atoms with Gasteiger partial charge in [0.2, 0.25) is 5.91 Å². The maximum Gasteiger partial charge on any atom is 0.230 e. The predicted octanol–water partition coefficient (Wildman–Crippen LogP) is 3.76. The van der Waals surface area contributed by atoms with Crippen LogP contribution in [0.15, 0.2) is 36.4 Å². The summed E-state index contributed by atoms with van der Waals surface area (Å²) in [5, 5.41) is 25.5. The van der Waals surface area contributed by atoms with Crippen LogP contribution in [0.5, 0.6) is 0 Å². The molecule has 2 aliphatic rings. The molecular weight excluding hydrogens is 557 g/mol. The number of hydrogen-bond donors (Lipinski definition) is 1. The van der Waals surface area contributed by atoms with Gasteiger partial charge < -0.3 is 24.5 Å². The second-order valence-corrected chi connectivity index (χ2v) is 11.7. The highest BCUT2D eigenvalue weighted by atomic mass is 32.1. The Morgan fingerprint density at radius 1 is 1.21 bits per heavy atom. The largest absolute Gasteiger partial charge is 0.390 e. The Morgan fingerprint density at radius 3 is 2.60 bits per heavy atom. The number of carbonyl (C=O) groups excluding carboxylic acids is 1. The first-order valence-corrected chi connectivity index (χ1v) is 14.8. The molecule has 3 aromatic heterocycles. The lowest BCUT2D eigenvalue weighted by Crippen LogP contribution is -2.51. The first-order valence-electron chi connectivity index (χ1n) is 14.0. The molecular formula is C30H32FN7O3S. The summed E-state index contributed by atoms with van der Waals surface area (Å²) in [6.07, 6.45) is -0.0333. The quantitative estimate of drug-likeness (QED) is 0.362. The summed E-state index contributed by atoms with van der Waals surface area (Å²) >= 11 is 1.29. The molecule has 1 aromatic carbocycles. The molecule has 0 spiro atoms. The van der Waals surface area contributed by atoms with Gasteiger partial charge >= 0.3 is 0 Å². The Kier molecular flexibility index (Phi) is 7.57. The van der Waals surface area contributed by atoms with E-state index < -0.39 is 12.0 Å². The normalized spacial score (nSPS) is 19.0. The molecule has 0 radical (unpaired) electrons. The van der Waals surface area contributed by atoms with E-state index in [9.17, 15) is 19.6 Å². The molecule has 5 heterocycles. The van der Waals surface area contributed by atoms with Crippen molar-refractivity contribution in [2.75, 3.05) is 56.2 Å². The summed E-state index contributed by atoms with van der Waals surface area (Å²) in [5.74, 6) is -0.868. The number of pyridine rings is 1. The lowest BCUT2D eigenvalue weighted by Gasteiger charge is -2.37. The van der Waals surface area contributed by atoms with Crippen LogP contribution >= 0.6 is 11.3 Å². The van der Waals surface area contributed by atoms with Crippen LogP contribution in [-0.4, -0.2) is 83.1 Å². The van der Waals surface area contributed by atoms with Gasteiger partial charge in [-0.1, -0.05) is 18.3 Å². The average molecular weight is 590 g/mol. The van der Waals surface area contributed by atoms with E-state index in [1.165, 1.54) is 23.5 Å². The molecule has 12 heteroatoms. The molecule has 0 aliphatic carbocycles. The highest BCUT2D eigenvalue weighted by Gasteiger charge is 2.36. The third kappa shape index (κ3) is 4.98. The molecule has 42 heavy (non-hydrogen) atoms. The molecule has 1 N–H and O–H groups in total. The zero-order valence-electron chi connectivity index (χ0n) is 23.7. The van der Waals surface area contributed by atoms with Crippen molar-refractivity contribution in [1.82, 2.24) is 19.5 Å². The number of amides is 1. The lowest BCUT2D eigenvalue weighted by atomic mass is 10.0. The standard InChI is InChI=1S/C30H32FN7O3S/c1-4-23-28(35(3)30-33-27(26(15-32)42-30)19-5-7-20(31)8-6-19)24-14-21(13-18(2)38(24)34-23)36-9-11-37(12-10-36)29(40)22-16-41-17-25(22)39/h5-8,13-14,22,25,39H,4,9-12,16-17H2,1-3H3/t22-,25-/m0/s1. The van der Waals surface area contributed by atoms with Gasteiger partial charge in [-0.3, -0.25) is 4.79 Å². The van der Waals surface area contributed by atoms with E-state index in [1.54, 1.807) is 12.1 Å². The number of ether oxygens (including phenoxy) is 1. The van der Waals surface area contributed by atoms with E-state index in [2.05, 4.69) is 30.0 Å². The van der Waals surface area contributed by atoms with Crippen LogP contribution < -0.4 is 9.80 Å². The number of aliphatic hydroxyl groups excluding tert-OH is 1. The van der Waals surface area contributed by atoms with Crippen LogP contribution in [0.25, 0.3) is 16.8 Å². The molecule has 0 bridgehead atoms. The predicted molar refractivity (Wildman–Crippen MR) is 159 cm³/mol. The molecule has 2 fully saturated rings. The SMILES string of the molecule is CCc1nn2c(C)cc(N3CCN(C(=O)[C@H]4COC[C@@H]4O)CC3)cc2c1N(C)c1nc(-c2ccc(F)cc2)c(C#N)s1. The maximum absolute atomic E-state index is 13.5. The van der Waals surface area contributed by atoms with E-state index >= 15 is 0 Å². The fourth-order valence-electron chi connectivity index (χ4n) is 5.74. The summed E-state index contributed by atoms with van der Waals surface area (Å²) in [6.45, 7) is 7.05. The van der Waals surface area contributed by atoms with Crippen molar-refractivity contribution >= 4 is 39.3 Å². The molecule has 0 unspecified atom stereocenters. The monoisotopic (exact) mass is 589 g/mol. The zero-order valence-corrected chi connectivity index (χ0v) is 24.6. The van der Waals surface area contributed by atoms with Gasteiger partial charge in [0.25, 0.3) is 0 Å². The summed E-state index contributed by atoms with van der Waals surface area (Å²) < 4.78 is 20.8. The van der Waals surface area contributed by atoms with Crippen LogP contribution in [-0.2, 0) is 16.0 Å². The van der Waals surface area contributed by atoms with Gasteiger partial charge in [-0.15, -0.1) is 0 Å². The van der Waals surface area contributed by atoms with Crippen molar-refractivity contribution in [3.05, 3.63) is 58.5 Å². The molecule has 218 valence electrons. The van der Waals surface area contributed by atoms with Crippen molar-refractivity contribution in [2.45, 2.75) is 26.4 Å². The van der Waals surface area contributed by atoms with E-state index in [1.807, 2.05) is 28.3 Å². The van der Waals surface area contributed by atoms with Crippen LogP contribution in [0.2, 0.25) is 0 Å². The molecule has 2 aliphatic heterocycles. The topological polar surface area (TPSA) is 110 Å². The van der Waals surface area contributed by atoms with E-state index in [-0.39, 0.29) is 24.9 Å². The minimum Gasteiger partial charge on any atom is -0.390 e. The minimum atomic E-state index is -0.737. The average Bonchev–Trinajstić information content (AvgIpc) is 3.73. The molecule has 2 atom stereocenters. The summed E-state index contributed by atoms with van der Waals surface area (Å²) in [6, 6.07) is 12.5. The number of benzene rings is 1. The number of anilines is 3. The number of nitriles is 1. The third-order valence-corrected chi connectivity index (χ3v) is 9.09. The van der Waals surface area contributed by atoms with Gasteiger partial charge in [0, 0.05) is 50.2 Å². The minimum absolute atomic E-state index is 0.0428. The Bertz CT molecular complexity index is 1670. The number of hydrogen-bond acceptors (Lipinski definition) is 9. The molecule has 2 saturated heterocycles. The maximum atomic E-state index is 13.5. The second kappa shape index (κ2) is 11.3. The first-order chi connectivity index (χ1) is 20.3. The fraction of sp³-hybridized carbons (Fsp3) is 0.400. The number of carbonyl (C=O) groups is 1. The molecule has 4 aromatic rings. The molecule has 1 amide bonds.